The van der Waals surface area contributed by atoms with Gasteiger partial charge in [0.2, 0.25) is 0 Å². The van der Waals surface area contributed by atoms with Gasteiger partial charge in [-0.1, -0.05) is 61.1 Å². The molecule has 0 bridgehead atoms. The molecule has 1 nitrogen and oxygen atoms in total. The van der Waals surface area contributed by atoms with Crippen LogP contribution < -0.4 is 5.32 Å². The number of nitrogens with one attached hydrogen (secondary N) is 1. The van der Waals surface area contributed by atoms with Gasteiger partial charge in [-0.05, 0) is 37.7 Å². The molecule has 0 aliphatic heterocycles. The van der Waals surface area contributed by atoms with Crippen molar-refractivity contribution in [3.63, 3.8) is 0 Å². The van der Waals surface area contributed by atoms with Crippen molar-refractivity contribution in [2.24, 2.45) is 0 Å². The SMILES string of the molecule is CCCC(NC)c1ccc(-c2c(Br)cc(Br)cc2Br)s1. The van der Waals surface area contributed by atoms with Crippen LogP contribution in [0.2, 0.25) is 0 Å². The average molecular weight is 482 g/mol. The van der Waals surface area contributed by atoms with E-state index in [4.69, 9.17) is 0 Å². The van der Waals surface area contributed by atoms with Gasteiger partial charge in [0, 0.05) is 34.8 Å². The Balaban J connectivity index is 2.38. The summed E-state index contributed by atoms with van der Waals surface area (Å²) in [6.45, 7) is 2.22. The molecule has 5 heteroatoms. The maximum atomic E-state index is 3.66. The van der Waals surface area contributed by atoms with Crippen molar-refractivity contribution in [1.29, 1.82) is 0 Å². The second-order valence-corrected chi connectivity index (χ2v) is 8.32. The Hall–Kier alpha value is 0.320. The maximum Gasteiger partial charge on any atom is 0.0412 e. The van der Waals surface area contributed by atoms with E-state index < -0.39 is 0 Å². The highest BCUT2D eigenvalue weighted by Gasteiger charge is 2.15. The minimum Gasteiger partial charge on any atom is -0.312 e. The van der Waals surface area contributed by atoms with Crippen molar-refractivity contribution in [2.75, 3.05) is 7.05 Å². The molecule has 0 spiro atoms. The van der Waals surface area contributed by atoms with Crippen molar-refractivity contribution >= 4 is 59.1 Å². The third-order valence-corrected chi connectivity index (χ3v) is 6.07. The van der Waals surface area contributed by atoms with Crippen LogP contribution in [0, 0.1) is 0 Å². The van der Waals surface area contributed by atoms with Crippen molar-refractivity contribution in [3.8, 4) is 10.4 Å². The predicted molar refractivity (Wildman–Crippen MR) is 99.6 cm³/mol. The minimum atomic E-state index is 0.451. The van der Waals surface area contributed by atoms with Gasteiger partial charge in [0.05, 0.1) is 0 Å². The highest BCUT2D eigenvalue weighted by molar-refractivity contribution is 9.11. The zero-order valence-corrected chi connectivity index (χ0v) is 16.9. The predicted octanol–water partition coefficient (Wildman–Crippen LogP) is 6.76. The second kappa shape index (κ2) is 7.54. The summed E-state index contributed by atoms with van der Waals surface area (Å²) in [7, 11) is 2.03. The molecule has 0 fully saturated rings. The Kier molecular flexibility index (Phi) is 6.29. The van der Waals surface area contributed by atoms with E-state index in [9.17, 15) is 0 Å². The van der Waals surface area contributed by atoms with Crippen molar-refractivity contribution in [1.82, 2.24) is 5.32 Å². The maximum absolute atomic E-state index is 3.66. The van der Waals surface area contributed by atoms with Gasteiger partial charge in [-0.3, -0.25) is 0 Å². The Bertz CT molecular complexity index is 572. The van der Waals surface area contributed by atoms with Gasteiger partial charge in [0.25, 0.3) is 0 Å². The fourth-order valence-corrected chi connectivity index (χ4v) is 6.34. The number of hydrogen-bond donors (Lipinski definition) is 1. The number of rotatable bonds is 5. The first-order valence-electron chi connectivity index (χ1n) is 6.48. The monoisotopic (exact) mass is 479 g/mol. The number of benzene rings is 1. The molecule has 0 saturated carbocycles. The first-order valence-corrected chi connectivity index (χ1v) is 9.68. The first-order chi connectivity index (χ1) is 9.56. The van der Waals surface area contributed by atoms with Crippen LogP contribution in [-0.2, 0) is 0 Å². The fraction of sp³-hybridized carbons (Fsp3) is 0.333. The summed E-state index contributed by atoms with van der Waals surface area (Å²) < 4.78 is 3.27. The van der Waals surface area contributed by atoms with E-state index in [-0.39, 0.29) is 0 Å². The molecule has 0 saturated heterocycles. The molecule has 1 atom stereocenters. The summed E-state index contributed by atoms with van der Waals surface area (Å²) in [6.07, 6.45) is 2.35. The number of halogens is 3. The van der Waals surface area contributed by atoms with Crippen LogP contribution in [0.3, 0.4) is 0 Å². The molecule has 20 heavy (non-hydrogen) atoms. The molecule has 2 aromatic rings. The van der Waals surface area contributed by atoms with Gasteiger partial charge in [0.15, 0.2) is 0 Å². The Morgan fingerprint density at radius 2 is 1.80 bits per heavy atom. The zero-order valence-electron chi connectivity index (χ0n) is 11.3. The lowest BCUT2D eigenvalue weighted by Gasteiger charge is -2.13. The third kappa shape index (κ3) is 3.74. The molecular weight excluding hydrogens is 466 g/mol. The topological polar surface area (TPSA) is 12.0 Å². The van der Waals surface area contributed by atoms with Crippen molar-refractivity contribution in [3.05, 3.63) is 42.6 Å². The number of hydrogen-bond acceptors (Lipinski definition) is 2. The lowest BCUT2D eigenvalue weighted by atomic mass is 10.1. The molecule has 0 radical (unpaired) electrons. The molecule has 1 N–H and O–H groups in total. The molecular formula is C15H16Br3NS. The van der Waals surface area contributed by atoms with Gasteiger partial charge < -0.3 is 5.32 Å². The van der Waals surface area contributed by atoms with E-state index in [1.54, 1.807) is 0 Å². The summed E-state index contributed by atoms with van der Waals surface area (Å²) in [5, 5.41) is 3.40. The molecule has 1 aromatic carbocycles. The molecule has 0 aliphatic rings. The van der Waals surface area contributed by atoms with Crippen LogP contribution in [0.15, 0.2) is 37.7 Å². The van der Waals surface area contributed by atoms with Crippen LogP contribution in [0.25, 0.3) is 10.4 Å². The highest BCUT2D eigenvalue weighted by Crippen LogP contribution is 2.42. The first kappa shape index (κ1) is 16.7. The van der Waals surface area contributed by atoms with E-state index in [0.717, 1.165) is 13.4 Å². The van der Waals surface area contributed by atoms with Gasteiger partial charge in [-0.2, -0.15) is 0 Å². The van der Waals surface area contributed by atoms with Crippen molar-refractivity contribution < 1.29 is 0 Å². The van der Waals surface area contributed by atoms with Crippen LogP contribution in [0.4, 0.5) is 0 Å². The van der Waals surface area contributed by atoms with Crippen molar-refractivity contribution in [2.45, 2.75) is 25.8 Å². The van der Waals surface area contributed by atoms with Crippen LogP contribution >= 0.6 is 59.1 Å². The molecule has 2 rings (SSSR count). The molecule has 1 heterocycles. The fourth-order valence-electron chi connectivity index (χ4n) is 2.17. The summed E-state index contributed by atoms with van der Waals surface area (Å²) in [5.41, 5.74) is 1.22. The largest absolute Gasteiger partial charge is 0.312 e. The van der Waals surface area contributed by atoms with E-state index >= 15 is 0 Å². The lowest BCUT2D eigenvalue weighted by Crippen LogP contribution is -2.14. The number of thiophene rings is 1. The molecule has 0 amide bonds. The summed E-state index contributed by atoms with van der Waals surface area (Å²) in [5.74, 6) is 0. The molecule has 1 aromatic heterocycles. The highest BCUT2D eigenvalue weighted by atomic mass is 79.9. The van der Waals surface area contributed by atoms with E-state index in [1.165, 1.54) is 28.2 Å². The van der Waals surface area contributed by atoms with Gasteiger partial charge in [-0.25, -0.2) is 0 Å². The zero-order chi connectivity index (χ0) is 14.7. The second-order valence-electron chi connectivity index (χ2n) is 4.58. The van der Waals surface area contributed by atoms with Crippen LogP contribution in [0.5, 0.6) is 0 Å². The van der Waals surface area contributed by atoms with E-state index in [0.29, 0.717) is 6.04 Å². The normalized spacial score (nSPS) is 12.7. The Labute approximate surface area is 149 Å². The van der Waals surface area contributed by atoms with E-state index in [1.807, 2.05) is 18.4 Å². The molecule has 108 valence electrons. The average Bonchev–Trinajstić information content (AvgIpc) is 2.84. The van der Waals surface area contributed by atoms with Gasteiger partial charge >= 0.3 is 0 Å². The standard InChI is InChI=1S/C15H16Br3NS/c1-3-4-12(19-2)13-5-6-14(20-13)15-10(17)7-9(16)8-11(15)18/h5-8,12,19H,3-4H2,1-2H3. The Morgan fingerprint density at radius 3 is 2.35 bits per heavy atom. The van der Waals surface area contributed by atoms with E-state index in [2.05, 4.69) is 84.3 Å². The van der Waals surface area contributed by atoms with Crippen LogP contribution in [0.1, 0.15) is 30.7 Å². The quantitative estimate of drug-likeness (QED) is 0.497. The van der Waals surface area contributed by atoms with Crippen LogP contribution in [-0.4, -0.2) is 7.05 Å². The summed E-state index contributed by atoms with van der Waals surface area (Å²) in [4.78, 5) is 2.67. The van der Waals surface area contributed by atoms with Gasteiger partial charge in [-0.15, -0.1) is 11.3 Å². The smallest absolute Gasteiger partial charge is 0.0412 e. The summed E-state index contributed by atoms with van der Waals surface area (Å²) >= 11 is 12.7. The molecule has 1 unspecified atom stereocenters. The Morgan fingerprint density at radius 1 is 1.15 bits per heavy atom. The van der Waals surface area contributed by atoms with Gasteiger partial charge in [0.1, 0.15) is 0 Å². The third-order valence-electron chi connectivity index (χ3n) is 3.15. The molecule has 0 aliphatic carbocycles. The summed E-state index contributed by atoms with van der Waals surface area (Å²) in [6, 6.07) is 9.06. The lowest BCUT2D eigenvalue weighted by molar-refractivity contribution is 0.550. The minimum absolute atomic E-state index is 0.451.